The third-order valence-electron chi connectivity index (χ3n) is 14.7. The maximum atomic E-state index is 12.9. The van der Waals surface area contributed by atoms with E-state index in [1.54, 1.807) is 12.1 Å². The van der Waals surface area contributed by atoms with Crippen molar-refractivity contribution in [2.45, 2.75) is 104 Å². The van der Waals surface area contributed by atoms with Gasteiger partial charge in [0.15, 0.2) is 9.84 Å². The Bertz CT molecular complexity index is 1450. The molecular weight excluding hydrogens is 540 g/mol. The van der Waals surface area contributed by atoms with Crippen LogP contribution in [0.3, 0.4) is 0 Å². The van der Waals surface area contributed by atoms with Crippen LogP contribution in [0.2, 0.25) is 0 Å². The average molecular weight is 593 g/mol. The Kier molecular flexibility index (Phi) is 6.69. The summed E-state index contributed by atoms with van der Waals surface area (Å²) in [5.74, 6) is 1.54. The first-order chi connectivity index (χ1) is 19.4. The largest absolute Gasteiger partial charge is 0.481 e. The summed E-state index contributed by atoms with van der Waals surface area (Å²) in [4.78, 5) is 13.3. The lowest BCUT2D eigenvalue weighted by Gasteiger charge is -2.72. The molecule has 5 aliphatic rings. The minimum atomic E-state index is -3.22. The molecule has 0 heterocycles. The number of rotatable bonds is 4. The normalized spacial score (nSPS) is 44.2. The van der Waals surface area contributed by atoms with Crippen molar-refractivity contribution in [3.63, 3.8) is 0 Å². The van der Waals surface area contributed by atoms with Gasteiger partial charge in [0.05, 0.1) is 10.3 Å². The van der Waals surface area contributed by atoms with Gasteiger partial charge in [0, 0.05) is 6.26 Å². The number of carboxylic acids is 1. The lowest BCUT2D eigenvalue weighted by molar-refractivity contribution is -0.227. The van der Waals surface area contributed by atoms with Gasteiger partial charge in [0.1, 0.15) is 0 Å². The second-order valence-corrected chi connectivity index (χ2v) is 18.5. The van der Waals surface area contributed by atoms with Crippen molar-refractivity contribution in [2.24, 2.45) is 56.7 Å². The molecule has 6 rings (SSSR count). The summed E-state index contributed by atoms with van der Waals surface area (Å²) in [6.07, 6.45) is 13.1. The Morgan fingerprint density at radius 1 is 0.881 bits per heavy atom. The standard InChI is InChI=1S/C37H52O4S/c1-23(2)26-15-20-37(32(38)39)22-21-35(6)28(31(26)37)13-14-30-34(5)18-16-27(24-9-11-25(12-10-24)42(8,40)41)33(3,4)29(34)17-19-36(30,35)7/h9-12,16,26,28-31H,1,13-15,17-22H2,2-8H3,(H,38,39)/t26-,28+,29?,30?,31?,34-,35+,36+,37-/m0/s1. The highest BCUT2D eigenvalue weighted by Gasteiger charge is 2.71. The van der Waals surface area contributed by atoms with E-state index in [1.807, 2.05) is 12.1 Å². The third kappa shape index (κ3) is 3.83. The number of benzene rings is 1. The Balaban J connectivity index is 1.37. The predicted molar refractivity (Wildman–Crippen MR) is 170 cm³/mol. The molecule has 4 saturated carbocycles. The molecule has 0 saturated heterocycles. The summed E-state index contributed by atoms with van der Waals surface area (Å²) >= 11 is 0. The summed E-state index contributed by atoms with van der Waals surface area (Å²) in [5.41, 5.74) is 3.55. The zero-order valence-corrected chi connectivity index (χ0v) is 27.7. The maximum Gasteiger partial charge on any atom is 0.309 e. The number of allylic oxidation sites excluding steroid dienone is 3. The third-order valence-corrected chi connectivity index (χ3v) is 15.8. The van der Waals surface area contributed by atoms with E-state index in [2.05, 4.69) is 54.2 Å². The molecule has 0 radical (unpaired) electrons. The Morgan fingerprint density at radius 3 is 2.14 bits per heavy atom. The van der Waals surface area contributed by atoms with Crippen LogP contribution in [0.4, 0.5) is 0 Å². The van der Waals surface area contributed by atoms with E-state index >= 15 is 0 Å². The summed E-state index contributed by atoms with van der Waals surface area (Å²) in [6, 6.07) is 7.53. The number of hydrogen-bond acceptors (Lipinski definition) is 3. The molecule has 5 heteroatoms. The van der Waals surface area contributed by atoms with E-state index in [9.17, 15) is 18.3 Å². The zero-order chi connectivity index (χ0) is 30.7. The molecule has 0 bridgehead atoms. The van der Waals surface area contributed by atoms with Gasteiger partial charge in [0.25, 0.3) is 0 Å². The van der Waals surface area contributed by atoms with E-state index in [-0.39, 0.29) is 27.6 Å². The molecule has 1 aromatic carbocycles. The number of hydrogen-bond donors (Lipinski definition) is 1. The first-order valence-electron chi connectivity index (χ1n) is 16.3. The van der Waals surface area contributed by atoms with Gasteiger partial charge in [-0.25, -0.2) is 8.42 Å². The van der Waals surface area contributed by atoms with Crippen molar-refractivity contribution in [1.29, 1.82) is 0 Å². The molecule has 9 atom stereocenters. The van der Waals surface area contributed by atoms with E-state index in [4.69, 9.17) is 0 Å². The highest BCUT2D eigenvalue weighted by molar-refractivity contribution is 7.90. The number of fused-ring (bicyclic) bond motifs is 7. The monoisotopic (exact) mass is 592 g/mol. The van der Waals surface area contributed by atoms with Crippen LogP contribution in [0, 0.1) is 56.7 Å². The van der Waals surface area contributed by atoms with Gasteiger partial charge in [-0.1, -0.05) is 65.0 Å². The van der Waals surface area contributed by atoms with E-state index < -0.39 is 21.2 Å². The minimum Gasteiger partial charge on any atom is -0.481 e. The van der Waals surface area contributed by atoms with Crippen molar-refractivity contribution >= 4 is 21.4 Å². The Hall–Kier alpha value is -1.88. The number of carbonyl (C=O) groups is 1. The molecule has 5 aliphatic carbocycles. The van der Waals surface area contributed by atoms with E-state index in [0.29, 0.717) is 28.6 Å². The molecule has 230 valence electrons. The van der Waals surface area contributed by atoms with Crippen LogP contribution >= 0.6 is 0 Å². The van der Waals surface area contributed by atoms with E-state index in [0.717, 1.165) is 44.1 Å². The smallest absolute Gasteiger partial charge is 0.309 e. The summed E-state index contributed by atoms with van der Waals surface area (Å²) in [7, 11) is -3.22. The van der Waals surface area contributed by atoms with Crippen LogP contribution in [0.15, 0.2) is 47.4 Å². The summed E-state index contributed by atoms with van der Waals surface area (Å²) in [5, 5.41) is 10.6. The molecule has 0 aromatic heterocycles. The van der Waals surface area contributed by atoms with Crippen molar-refractivity contribution in [3.05, 3.63) is 48.1 Å². The second-order valence-electron chi connectivity index (χ2n) is 16.5. The summed E-state index contributed by atoms with van der Waals surface area (Å²) < 4.78 is 24.2. The van der Waals surface area contributed by atoms with Gasteiger partial charge >= 0.3 is 5.97 Å². The lowest BCUT2D eigenvalue weighted by Crippen LogP contribution is -2.65. The summed E-state index contributed by atoms with van der Waals surface area (Å²) in [6.45, 7) is 19.1. The molecule has 3 unspecified atom stereocenters. The fourth-order valence-electron chi connectivity index (χ4n) is 12.5. The quantitative estimate of drug-likeness (QED) is 0.355. The average Bonchev–Trinajstić information content (AvgIpc) is 3.30. The van der Waals surface area contributed by atoms with Gasteiger partial charge < -0.3 is 5.11 Å². The van der Waals surface area contributed by atoms with Crippen molar-refractivity contribution < 1.29 is 18.3 Å². The number of aliphatic carboxylic acids is 1. The van der Waals surface area contributed by atoms with Gasteiger partial charge in [-0.05, 0) is 139 Å². The topological polar surface area (TPSA) is 71.4 Å². The number of sulfone groups is 1. The molecule has 42 heavy (non-hydrogen) atoms. The van der Waals surface area contributed by atoms with Gasteiger partial charge in [0.2, 0.25) is 0 Å². The first kappa shape index (κ1) is 30.2. The molecule has 4 nitrogen and oxygen atoms in total. The highest BCUT2D eigenvalue weighted by atomic mass is 32.2. The minimum absolute atomic E-state index is 0.0276. The van der Waals surface area contributed by atoms with Crippen molar-refractivity contribution in [2.75, 3.05) is 6.26 Å². The second kappa shape index (κ2) is 9.31. The Labute approximate surface area is 254 Å². The molecule has 0 aliphatic heterocycles. The zero-order valence-electron chi connectivity index (χ0n) is 26.9. The molecular formula is C37H52O4S. The predicted octanol–water partition coefficient (Wildman–Crippen LogP) is 8.83. The number of carboxylic acid groups (broad SMARTS) is 1. The van der Waals surface area contributed by atoms with Crippen LogP contribution in [0.25, 0.3) is 5.57 Å². The Morgan fingerprint density at radius 2 is 1.55 bits per heavy atom. The van der Waals surface area contributed by atoms with Crippen LogP contribution in [-0.4, -0.2) is 25.7 Å². The molecule has 1 aromatic rings. The van der Waals surface area contributed by atoms with Gasteiger partial charge in [-0.2, -0.15) is 0 Å². The van der Waals surface area contributed by atoms with Crippen LogP contribution in [-0.2, 0) is 14.6 Å². The fourth-order valence-corrected chi connectivity index (χ4v) is 13.1. The van der Waals surface area contributed by atoms with Crippen LogP contribution < -0.4 is 0 Å². The maximum absolute atomic E-state index is 12.9. The van der Waals surface area contributed by atoms with E-state index in [1.165, 1.54) is 36.7 Å². The van der Waals surface area contributed by atoms with Crippen molar-refractivity contribution in [3.8, 4) is 0 Å². The van der Waals surface area contributed by atoms with Crippen LogP contribution in [0.1, 0.15) is 105 Å². The molecule has 1 N–H and O–H groups in total. The first-order valence-corrected chi connectivity index (χ1v) is 18.2. The molecule has 4 fully saturated rings. The SMILES string of the molecule is C=C(C)[C@@H]1CC[C@]2(C(=O)O)CC[C@]3(C)[C@H](CCC4[C@@]5(C)CC=C(c6ccc(S(C)(=O)=O)cc6)C(C)(C)C5CC[C@]43C)C12. The molecule has 0 spiro atoms. The van der Waals surface area contributed by atoms with Gasteiger partial charge in [-0.3, -0.25) is 4.79 Å². The van der Waals surface area contributed by atoms with Crippen molar-refractivity contribution in [1.82, 2.24) is 0 Å². The molecule has 0 amide bonds. The van der Waals surface area contributed by atoms with Crippen LogP contribution in [0.5, 0.6) is 0 Å². The fraction of sp³-hybridized carbons (Fsp3) is 0.703. The van der Waals surface area contributed by atoms with Gasteiger partial charge in [-0.15, -0.1) is 0 Å². The highest BCUT2D eigenvalue weighted by Crippen LogP contribution is 2.77. The lowest BCUT2D eigenvalue weighted by atomic mass is 9.32.